The van der Waals surface area contributed by atoms with Crippen LogP contribution < -0.4 is 0 Å². The van der Waals surface area contributed by atoms with E-state index in [2.05, 4.69) is 27.7 Å². The molecule has 3 saturated carbocycles. The maximum Gasteiger partial charge on any atom is 0.0653 e. The number of fused-ring (bicyclic) bond motifs is 1. The lowest BCUT2D eigenvalue weighted by Gasteiger charge is -2.44. The maximum atomic E-state index is 10.6. The van der Waals surface area contributed by atoms with E-state index in [1.165, 1.54) is 25.7 Å². The first-order chi connectivity index (χ1) is 7.31. The lowest BCUT2D eigenvalue weighted by atomic mass is 9.64. The highest BCUT2D eigenvalue weighted by molar-refractivity contribution is 5.16. The minimum Gasteiger partial charge on any atom is -0.390 e. The van der Waals surface area contributed by atoms with Crippen molar-refractivity contribution in [1.29, 1.82) is 0 Å². The Hall–Kier alpha value is -0.0400. The lowest BCUT2D eigenvalue weighted by Crippen LogP contribution is -2.44. The molecule has 0 amide bonds. The maximum absolute atomic E-state index is 10.6. The molecule has 0 radical (unpaired) electrons. The summed E-state index contributed by atoms with van der Waals surface area (Å²) in [4.78, 5) is 0. The van der Waals surface area contributed by atoms with E-state index < -0.39 is 5.60 Å². The predicted octanol–water partition coefficient (Wildman–Crippen LogP) is 3.61. The first kappa shape index (κ1) is 11.1. The molecular weight excluding hydrogens is 196 g/mol. The van der Waals surface area contributed by atoms with E-state index in [1.54, 1.807) is 0 Å². The van der Waals surface area contributed by atoms with Gasteiger partial charge in [-0.05, 0) is 67.6 Å². The summed E-state index contributed by atoms with van der Waals surface area (Å²) in [5, 5.41) is 10.6. The summed E-state index contributed by atoms with van der Waals surface area (Å²) in [6.07, 6.45) is 6.41. The molecule has 3 aliphatic rings. The van der Waals surface area contributed by atoms with Gasteiger partial charge in [-0.25, -0.2) is 0 Å². The topological polar surface area (TPSA) is 20.2 Å². The predicted molar refractivity (Wildman–Crippen MR) is 66.1 cm³/mol. The van der Waals surface area contributed by atoms with Crippen LogP contribution >= 0.6 is 0 Å². The van der Waals surface area contributed by atoms with Crippen LogP contribution in [0.3, 0.4) is 0 Å². The summed E-state index contributed by atoms with van der Waals surface area (Å²) >= 11 is 0. The Labute approximate surface area is 99.6 Å². The van der Waals surface area contributed by atoms with Gasteiger partial charge in [0.15, 0.2) is 0 Å². The molecule has 0 saturated heterocycles. The minimum atomic E-state index is -0.404. The average molecular weight is 222 g/mol. The Morgan fingerprint density at radius 2 is 1.69 bits per heavy atom. The van der Waals surface area contributed by atoms with Crippen LogP contribution in [-0.4, -0.2) is 10.7 Å². The van der Waals surface area contributed by atoms with Crippen LogP contribution in [0.15, 0.2) is 0 Å². The smallest absolute Gasteiger partial charge is 0.0653 e. The Kier molecular flexibility index (Phi) is 1.98. The van der Waals surface area contributed by atoms with E-state index in [9.17, 15) is 5.11 Å². The summed E-state index contributed by atoms with van der Waals surface area (Å²) in [5.74, 6) is 2.29. The van der Waals surface area contributed by atoms with Crippen molar-refractivity contribution in [3.63, 3.8) is 0 Å². The van der Waals surface area contributed by atoms with Crippen LogP contribution in [0.1, 0.15) is 59.8 Å². The van der Waals surface area contributed by atoms with Crippen molar-refractivity contribution in [3.8, 4) is 0 Å². The van der Waals surface area contributed by atoms with Gasteiger partial charge in [0.05, 0.1) is 5.60 Å². The number of hydrogen-bond acceptors (Lipinski definition) is 1. The average Bonchev–Trinajstić information content (AvgIpc) is 2.58. The normalized spacial score (nSPS) is 58.7. The quantitative estimate of drug-likeness (QED) is 0.664. The van der Waals surface area contributed by atoms with Gasteiger partial charge in [0, 0.05) is 0 Å². The van der Waals surface area contributed by atoms with Crippen molar-refractivity contribution in [3.05, 3.63) is 0 Å². The third-order valence-electron chi connectivity index (χ3n) is 6.79. The van der Waals surface area contributed by atoms with E-state index in [0.29, 0.717) is 16.7 Å². The number of aliphatic hydroxyl groups is 1. The Morgan fingerprint density at radius 3 is 2.38 bits per heavy atom. The van der Waals surface area contributed by atoms with Crippen LogP contribution in [-0.2, 0) is 0 Å². The fourth-order valence-corrected chi connectivity index (χ4v) is 5.88. The highest BCUT2D eigenvalue weighted by Gasteiger charge is 2.67. The van der Waals surface area contributed by atoms with Crippen molar-refractivity contribution in [1.82, 2.24) is 0 Å². The van der Waals surface area contributed by atoms with Gasteiger partial charge in [-0.1, -0.05) is 20.8 Å². The summed E-state index contributed by atoms with van der Waals surface area (Å²) in [7, 11) is 0. The SMILES string of the molecule is C[C@@H]1CC[C@H]2C(C)(C)[C@@H]3C[C@]12CC[C@]3(C)O. The lowest BCUT2D eigenvalue weighted by molar-refractivity contribution is -0.0717. The van der Waals surface area contributed by atoms with Gasteiger partial charge in [0.2, 0.25) is 0 Å². The van der Waals surface area contributed by atoms with Crippen LogP contribution in [0, 0.1) is 28.6 Å². The molecule has 3 fully saturated rings. The van der Waals surface area contributed by atoms with Gasteiger partial charge < -0.3 is 5.11 Å². The van der Waals surface area contributed by atoms with Crippen molar-refractivity contribution in [2.24, 2.45) is 28.6 Å². The fraction of sp³-hybridized carbons (Fsp3) is 1.00. The summed E-state index contributed by atoms with van der Waals surface area (Å²) in [5.41, 5.74) is 0.542. The highest BCUT2D eigenvalue weighted by Crippen LogP contribution is 2.73. The zero-order valence-corrected chi connectivity index (χ0v) is 11.2. The van der Waals surface area contributed by atoms with Gasteiger partial charge in [-0.2, -0.15) is 0 Å². The van der Waals surface area contributed by atoms with E-state index in [0.717, 1.165) is 18.3 Å². The van der Waals surface area contributed by atoms with E-state index in [-0.39, 0.29) is 0 Å². The Bertz CT molecular complexity index is 313. The van der Waals surface area contributed by atoms with E-state index >= 15 is 0 Å². The van der Waals surface area contributed by atoms with Crippen LogP contribution in [0.4, 0.5) is 0 Å². The number of rotatable bonds is 0. The van der Waals surface area contributed by atoms with Crippen LogP contribution in [0.5, 0.6) is 0 Å². The second kappa shape index (κ2) is 2.85. The van der Waals surface area contributed by atoms with Gasteiger partial charge in [-0.15, -0.1) is 0 Å². The summed E-state index contributed by atoms with van der Waals surface area (Å²) < 4.78 is 0. The molecule has 1 heteroatoms. The van der Waals surface area contributed by atoms with Gasteiger partial charge in [-0.3, -0.25) is 0 Å². The minimum absolute atomic E-state index is 0.352. The molecular formula is C15H26O. The second-order valence-electron chi connectivity index (χ2n) is 7.70. The first-order valence-electron chi connectivity index (χ1n) is 7.03. The highest BCUT2D eigenvalue weighted by atomic mass is 16.3. The second-order valence-corrected chi connectivity index (χ2v) is 7.70. The van der Waals surface area contributed by atoms with E-state index in [4.69, 9.17) is 0 Å². The summed E-state index contributed by atoms with van der Waals surface area (Å²) in [6.45, 7) is 9.38. The molecule has 0 unspecified atom stereocenters. The zero-order valence-electron chi connectivity index (χ0n) is 11.2. The molecule has 1 nitrogen and oxygen atoms in total. The molecule has 3 rings (SSSR count). The van der Waals surface area contributed by atoms with Gasteiger partial charge in [0.1, 0.15) is 0 Å². The molecule has 0 aliphatic heterocycles. The zero-order chi connectivity index (χ0) is 11.8. The molecule has 2 bridgehead atoms. The molecule has 5 atom stereocenters. The molecule has 0 heterocycles. The van der Waals surface area contributed by atoms with Crippen LogP contribution in [0.25, 0.3) is 0 Å². The fourth-order valence-electron chi connectivity index (χ4n) is 5.88. The third-order valence-corrected chi connectivity index (χ3v) is 6.79. The molecule has 3 aliphatic carbocycles. The van der Waals surface area contributed by atoms with Crippen molar-refractivity contribution in [2.45, 2.75) is 65.4 Å². The van der Waals surface area contributed by atoms with Gasteiger partial charge >= 0.3 is 0 Å². The molecule has 92 valence electrons. The monoisotopic (exact) mass is 222 g/mol. The molecule has 1 spiro atoms. The first-order valence-corrected chi connectivity index (χ1v) is 7.03. The Morgan fingerprint density at radius 1 is 1.00 bits per heavy atom. The largest absolute Gasteiger partial charge is 0.390 e. The Balaban J connectivity index is 2.07. The molecule has 16 heavy (non-hydrogen) atoms. The molecule has 0 aromatic carbocycles. The van der Waals surface area contributed by atoms with Crippen LogP contribution in [0.2, 0.25) is 0 Å². The summed E-state index contributed by atoms with van der Waals surface area (Å²) in [6, 6.07) is 0. The van der Waals surface area contributed by atoms with Gasteiger partial charge in [0.25, 0.3) is 0 Å². The van der Waals surface area contributed by atoms with Crippen molar-refractivity contribution >= 4 is 0 Å². The number of hydrogen-bond donors (Lipinski definition) is 1. The third kappa shape index (κ3) is 1.06. The molecule has 1 N–H and O–H groups in total. The van der Waals surface area contributed by atoms with Crippen molar-refractivity contribution in [2.75, 3.05) is 0 Å². The van der Waals surface area contributed by atoms with E-state index in [1.807, 2.05) is 0 Å². The molecule has 0 aromatic rings. The molecule has 0 aromatic heterocycles. The van der Waals surface area contributed by atoms with Crippen molar-refractivity contribution < 1.29 is 5.11 Å². The standard InChI is InChI=1S/C15H26O/c1-10-5-6-11-13(2,3)12-9-15(10,11)8-7-14(12,4)16/h10-12,16H,5-9H2,1-4H3/t10-,11+,12+,14+,15-/m1/s1.